The van der Waals surface area contributed by atoms with E-state index in [-0.39, 0.29) is 5.31 Å². The first kappa shape index (κ1) is 17.2. The van der Waals surface area contributed by atoms with Crippen molar-refractivity contribution in [2.45, 2.75) is 0 Å². The van der Waals surface area contributed by atoms with Crippen LogP contribution in [0.3, 0.4) is 0 Å². The number of aliphatic carboxylic acids is 4. The molecule has 0 saturated heterocycles. The van der Waals surface area contributed by atoms with Gasteiger partial charge in [0.15, 0.2) is 0 Å². The molecule has 0 aromatic heterocycles. The third-order valence-corrected chi connectivity index (χ3v) is 4.64. The van der Waals surface area contributed by atoms with Crippen LogP contribution in [-0.2, 0) is 19.2 Å². The Hall–Kier alpha value is -2.82. The fourth-order valence-corrected chi connectivity index (χ4v) is 3.37. The Kier molecular flexibility index (Phi) is 5.29. The molecule has 1 aliphatic rings. The molecule has 0 amide bonds. The van der Waals surface area contributed by atoms with Crippen LogP contribution in [0.25, 0.3) is 0 Å². The monoisotopic (exact) mass is 326 g/mol. The Labute approximate surface area is 125 Å². The molecular weight excluding hydrogens is 315 g/mol. The third-order valence-electron chi connectivity index (χ3n) is 2.68. The van der Waals surface area contributed by atoms with Crippen molar-refractivity contribution in [3.05, 3.63) is 46.1 Å². The van der Waals surface area contributed by atoms with Gasteiger partial charge in [0.2, 0.25) is 0 Å². The molecule has 4 N–H and O–H groups in total. The van der Waals surface area contributed by atoms with Crippen molar-refractivity contribution in [3.8, 4) is 0 Å². The van der Waals surface area contributed by atoms with Gasteiger partial charge in [0.05, 0.1) is 0 Å². The molecule has 1 aliphatic heterocycles. The van der Waals surface area contributed by atoms with E-state index >= 15 is 0 Å². The Morgan fingerprint density at radius 3 is 1.91 bits per heavy atom. The summed E-state index contributed by atoms with van der Waals surface area (Å²) in [6, 6.07) is 0. The molecule has 0 spiro atoms. The molecule has 0 aromatic carbocycles. The average Bonchev–Trinajstić information content (AvgIpc) is 2.78. The first-order valence-electron chi connectivity index (χ1n) is 5.70. The van der Waals surface area contributed by atoms with Crippen LogP contribution in [-0.4, -0.2) is 51.0 Å². The van der Waals surface area contributed by atoms with Crippen LogP contribution in [0.4, 0.5) is 0 Å². The molecule has 0 bridgehead atoms. The summed E-state index contributed by atoms with van der Waals surface area (Å²) in [6.45, 7) is 1.69. The van der Waals surface area contributed by atoms with E-state index in [2.05, 4.69) is 0 Å². The molecule has 1 rings (SSSR count). The van der Waals surface area contributed by atoms with Gasteiger partial charge in [-0.3, -0.25) is 0 Å². The molecule has 1 atom stereocenters. The number of hydrogen-bond donors (Lipinski definition) is 4. The number of carboxylic acids is 4. The quantitative estimate of drug-likeness (QED) is 0.240. The van der Waals surface area contributed by atoms with Gasteiger partial charge in [0.1, 0.15) is 0 Å². The van der Waals surface area contributed by atoms with E-state index < -0.39 is 48.5 Å². The van der Waals surface area contributed by atoms with E-state index in [1.165, 1.54) is 18.2 Å². The predicted octanol–water partition coefficient (Wildman–Crippen LogP) is 0.606. The second-order valence-electron chi connectivity index (χ2n) is 4.09. The standard InChI is InChI=1S/C13H11O8P/c1-22-4-2-3-7(22)10(13(20)21)9(12(18)19)6(11(16)17)5-8(14)15/h2-4,22H,1H3,(H,14,15)(H,16,17)(H,18,19)(H,20,21)/b10-9+. The van der Waals surface area contributed by atoms with E-state index in [9.17, 15) is 29.4 Å². The Morgan fingerprint density at radius 1 is 1.00 bits per heavy atom. The molecule has 0 aromatic rings. The van der Waals surface area contributed by atoms with Crippen LogP contribution in [0.1, 0.15) is 0 Å². The van der Waals surface area contributed by atoms with Crippen LogP contribution in [0.15, 0.2) is 40.0 Å². The van der Waals surface area contributed by atoms with Crippen LogP contribution >= 0.6 is 7.92 Å². The zero-order valence-electron chi connectivity index (χ0n) is 11.2. The summed E-state index contributed by atoms with van der Waals surface area (Å²) >= 11 is 0. The number of rotatable bonds is 6. The van der Waals surface area contributed by atoms with Crippen molar-refractivity contribution >= 4 is 31.8 Å². The van der Waals surface area contributed by atoms with Crippen LogP contribution in [0.2, 0.25) is 0 Å². The third kappa shape index (κ3) is 3.63. The molecule has 0 fully saturated rings. The van der Waals surface area contributed by atoms with Crippen LogP contribution in [0, 0.1) is 6.08 Å². The van der Waals surface area contributed by atoms with Crippen molar-refractivity contribution < 1.29 is 39.6 Å². The maximum absolute atomic E-state index is 11.4. The van der Waals surface area contributed by atoms with Crippen LogP contribution < -0.4 is 0 Å². The Morgan fingerprint density at radius 2 is 1.59 bits per heavy atom. The molecule has 0 aliphatic carbocycles. The van der Waals surface area contributed by atoms with Gasteiger partial charge in [-0.2, -0.15) is 0 Å². The molecular formula is C13H11O8P. The van der Waals surface area contributed by atoms with Gasteiger partial charge in [0.25, 0.3) is 0 Å². The Balaban J connectivity index is 3.73. The summed E-state index contributed by atoms with van der Waals surface area (Å²) in [5, 5.41) is 36.3. The van der Waals surface area contributed by atoms with E-state index in [0.717, 1.165) is 0 Å². The van der Waals surface area contributed by atoms with Crippen LogP contribution in [0.5, 0.6) is 0 Å². The van der Waals surface area contributed by atoms with Gasteiger partial charge in [-0.25, -0.2) is 0 Å². The van der Waals surface area contributed by atoms with Crippen molar-refractivity contribution in [2.24, 2.45) is 0 Å². The molecule has 116 valence electrons. The van der Waals surface area contributed by atoms with Gasteiger partial charge in [-0.1, -0.05) is 0 Å². The first-order chi connectivity index (χ1) is 10.2. The zero-order valence-corrected chi connectivity index (χ0v) is 12.2. The fourth-order valence-electron chi connectivity index (χ4n) is 1.82. The summed E-state index contributed by atoms with van der Waals surface area (Å²) in [7, 11) is -1.51. The first-order valence-corrected chi connectivity index (χ1v) is 7.78. The van der Waals surface area contributed by atoms with Gasteiger partial charge in [-0.05, 0) is 0 Å². The van der Waals surface area contributed by atoms with Crippen molar-refractivity contribution in [1.82, 2.24) is 0 Å². The van der Waals surface area contributed by atoms with E-state index in [1.807, 2.05) is 0 Å². The summed E-state index contributed by atoms with van der Waals surface area (Å²) in [6.07, 6.45) is 4.34. The minimum absolute atomic E-state index is 0.167. The van der Waals surface area contributed by atoms with Gasteiger partial charge < -0.3 is 0 Å². The topological polar surface area (TPSA) is 149 Å². The molecule has 22 heavy (non-hydrogen) atoms. The van der Waals surface area contributed by atoms with E-state index in [1.54, 1.807) is 12.5 Å². The number of carboxylic acid groups (broad SMARTS) is 4. The number of carbonyl (C=O) groups is 4. The normalized spacial score (nSPS) is 19.8. The molecule has 1 heterocycles. The summed E-state index contributed by atoms with van der Waals surface area (Å²) in [4.78, 5) is 44.6. The van der Waals surface area contributed by atoms with Gasteiger partial charge in [0, 0.05) is 0 Å². The van der Waals surface area contributed by atoms with E-state index in [4.69, 9.17) is 10.2 Å². The molecule has 8 nitrogen and oxygen atoms in total. The molecule has 0 saturated carbocycles. The van der Waals surface area contributed by atoms with Crippen molar-refractivity contribution in [1.29, 1.82) is 0 Å². The van der Waals surface area contributed by atoms with Crippen molar-refractivity contribution in [2.75, 3.05) is 6.66 Å². The minimum atomic E-state index is -1.89. The second-order valence-corrected chi connectivity index (χ2v) is 6.33. The fraction of sp³-hybridized carbons (Fsp3) is 0.0769. The SMILES string of the molecule is C[PH-]1C=CC=C1/C(C(=O)O)=C(\C(=O)O)C(=[C+]C(=O)O)C(=O)O. The Bertz CT molecular complexity index is 680. The number of hydrogen-bond acceptors (Lipinski definition) is 4. The zero-order chi connectivity index (χ0) is 17.0. The predicted molar refractivity (Wildman–Crippen MR) is 75.8 cm³/mol. The van der Waals surface area contributed by atoms with Gasteiger partial charge in [-0.15, -0.1) is 0 Å². The second kappa shape index (κ2) is 6.76. The summed E-state index contributed by atoms with van der Waals surface area (Å²) in [5.41, 5.74) is -3.07. The average molecular weight is 326 g/mol. The van der Waals surface area contributed by atoms with Crippen molar-refractivity contribution in [3.63, 3.8) is 0 Å². The molecule has 9 heteroatoms. The molecule has 1 unspecified atom stereocenters. The number of allylic oxidation sites excluding steroid dienone is 2. The van der Waals surface area contributed by atoms with Gasteiger partial charge >= 0.3 is 124 Å². The summed E-state index contributed by atoms with van der Waals surface area (Å²) in [5.74, 6) is -5.53. The van der Waals surface area contributed by atoms with E-state index in [0.29, 0.717) is 0 Å². The maximum atomic E-state index is 11.4. The molecule has 0 radical (unpaired) electrons. The summed E-state index contributed by atoms with van der Waals surface area (Å²) < 4.78 is 0.